The second-order valence-electron chi connectivity index (χ2n) is 7.45. The molecule has 7 nitrogen and oxygen atoms in total. The van der Waals surface area contributed by atoms with Crippen LogP contribution in [0.4, 0.5) is 11.4 Å². The van der Waals surface area contributed by atoms with Gasteiger partial charge in [0.05, 0.1) is 19.8 Å². The van der Waals surface area contributed by atoms with Crippen molar-refractivity contribution in [1.82, 2.24) is 5.01 Å². The quantitative estimate of drug-likeness (QED) is 0.725. The zero-order valence-electron chi connectivity index (χ0n) is 19.3. The maximum absolute atomic E-state index is 8.89. The van der Waals surface area contributed by atoms with Gasteiger partial charge in [-0.1, -0.05) is 30.3 Å². The minimum atomic E-state index is -1.08. The SMILES string of the molecule is CC(=O)[O-].CCN(CC)c1ccc(N=NC2=CC(c3ccccc3)[NH+](C)N2C)c(C)c1. The van der Waals surface area contributed by atoms with E-state index in [1.807, 2.05) is 6.07 Å². The maximum Gasteiger partial charge on any atom is 0.200 e. The van der Waals surface area contributed by atoms with Gasteiger partial charge in [0.15, 0.2) is 6.04 Å². The van der Waals surface area contributed by atoms with Crippen LogP contribution in [-0.2, 0) is 4.79 Å². The van der Waals surface area contributed by atoms with Crippen LogP contribution in [-0.4, -0.2) is 38.2 Å². The van der Waals surface area contributed by atoms with E-state index in [1.165, 1.54) is 16.3 Å². The number of rotatable bonds is 6. The number of aryl methyl sites for hydroxylation is 1. The molecule has 2 unspecified atom stereocenters. The monoisotopic (exact) mass is 423 g/mol. The number of anilines is 1. The number of hydrogen-bond acceptors (Lipinski definition) is 6. The van der Waals surface area contributed by atoms with E-state index in [1.54, 1.807) is 0 Å². The van der Waals surface area contributed by atoms with E-state index in [0.29, 0.717) is 0 Å². The highest BCUT2D eigenvalue weighted by Gasteiger charge is 2.32. The van der Waals surface area contributed by atoms with Gasteiger partial charge in [-0.25, -0.2) is 10.0 Å². The molecule has 166 valence electrons. The van der Waals surface area contributed by atoms with Crippen molar-refractivity contribution in [3.8, 4) is 0 Å². The number of benzene rings is 2. The van der Waals surface area contributed by atoms with Crippen LogP contribution in [0.1, 0.15) is 37.9 Å². The second-order valence-corrected chi connectivity index (χ2v) is 7.45. The van der Waals surface area contributed by atoms with Crippen LogP contribution in [0.2, 0.25) is 0 Å². The molecule has 0 amide bonds. The van der Waals surface area contributed by atoms with Gasteiger partial charge in [0, 0.05) is 36.4 Å². The molecule has 0 bridgehead atoms. The highest BCUT2D eigenvalue weighted by atomic mass is 16.4. The summed E-state index contributed by atoms with van der Waals surface area (Å²) in [5.41, 5.74) is 4.58. The molecule has 3 rings (SSSR count). The number of azo groups is 1. The Morgan fingerprint density at radius 2 is 1.74 bits per heavy atom. The van der Waals surface area contributed by atoms with E-state index in [2.05, 4.69) is 104 Å². The van der Waals surface area contributed by atoms with Crippen molar-refractivity contribution >= 4 is 17.3 Å². The number of carbonyl (C=O) groups excluding carboxylic acids is 1. The molecule has 0 spiro atoms. The zero-order valence-corrected chi connectivity index (χ0v) is 19.3. The summed E-state index contributed by atoms with van der Waals surface area (Å²) in [7, 11) is 4.21. The fourth-order valence-electron chi connectivity index (χ4n) is 3.51. The van der Waals surface area contributed by atoms with Crippen molar-refractivity contribution < 1.29 is 14.9 Å². The molecule has 1 heterocycles. The molecule has 0 saturated heterocycles. The van der Waals surface area contributed by atoms with Gasteiger partial charge < -0.3 is 14.8 Å². The minimum absolute atomic E-state index is 0.260. The van der Waals surface area contributed by atoms with Gasteiger partial charge in [-0.3, -0.25) is 0 Å². The number of carbonyl (C=O) groups is 1. The predicted octanol–water partition coefficient (Wildman–Crippen LogP) is 2.64. The first-order valence-electron chi connectivity index (χ1n) is 10.6. The Morgan fingerprint density at radius 3 is 2.29 bits per heavy atom. The Bertz CT molecular complexity index is 919. The summed E-state index contributed by atoms with van der Waals surface area (Å²) >= 11 is 0. The van der Waals surface area contributed by atoms with Gasteiger partial charge >= 0.3 is 0 Å². The average Bonchev–Trinajstić information content (AvgIpc) is 3.03. The Hall–Kier alpha value is -3.19. The molecule has 31 heavy (non-hydrogen) atoms. The van der Waals surface area contributed by atoms with Gasteiger partial charge in [0.1, 0.15) is 0 Å². The maximum atomic E-state index is 8.89. The Balaban J connectivity index is 0.000000785. The van der Waals surface area contributed by atoms with Crippen molar-refractivity contribution in [3.63, 3.8) is 0 Å². The highest BCUT2D eigenvalue weighted by molar-refractivity contribution is 5.60. The Kier molecular flexibility index (Phi) is 8.75. The summed E-state index contributed by atoms with van der Waals surface area (Å²) in [4.78, 5) is 11.2. The highest BCUT2D eigenvalue weighted by Crippen LogP contribution is 2.27. The first-order valence-corrected chi connectivity index (χ1v) is 10.6. The summed E-state index contributed by atoms with van der Waals surface area (Å²) in [6.07, 6.45) is 2.19. The van der Waals surface area contributed by atoms with Crippen LogP contribution in [0.5, 0.6) is 0 Å². The molecule has 2 aromatic rings. The van der Waals surface area contributed by atoms with Crippen LogP contribution in [0.15, 0.2) is 70.7 Å². The molecule has 1 N–H and O–H groups in total. The minimum Gasteiger partial charge on any atom is -0.550 e. The zero-order chi connectivity index (χ0) is 23.0. The number of aliphatic carboxylic acids is 1. The van der Waals surface area contributed by atoms with Crippen LogP contribution >= 0.6 is 0 Å². The average molecular weight is 424 g/mol. The first-order chi connectivity index (χ1) is 14.8. The predicted molar refractivity (Wildman–Crippen MR) is 122 cm³/mol. The summed E-state index contributed by atoms with van der Waals surface area (Å²) < 4.78 is 0. The standard InChI is InChI=1S/C22H29N5.C2H4O2/c1-6-27(7-2)19-13-14-20(17(3)15-19)23-24-22-16-21(25(4)26(22)5)18-11-9-8-10-12-18;1-2(3)4/h8-16,21H,6-7H2,1-5H3;1H3,(H,3,4). The topological polar surface area (TPSA) is 75.8 Å². The number of carboxylic acids is 1. The van der Waals surface area contributed by atoms with E-state index in [9.17, 15) is 0 Å². The van der Waals surface area contributed by atoms with Gasteiger partial charge in [-0.15, -0.1) is 10.2 Å². The number of hydrogen-bond donors (Lipinski definition) is 1. The van der Waals surface area contributed by atoms with Crippen LogP contribution < -0.4 is 15.0 Å². The smallest absolute Gasteiger partial charge is 0.200 e. The second kappa shape index (κ2) is 11.3. The van der Waals surface area contributed by atoms with Gasteiger partial charge in [-0.05, 0) is 51.5 Å². The molecule has 0 fully saturated rings. The molecule has 0 radical (unpaired) electrons. The number of quaternary nitrogens is 1. The molecule has 2 aromatic carbocycles. The molecular weight excluding hydrogens is 390 g/mol. The van der Waals surface area contributed by atoms with Crippen LogP contribution in [0.3, 0.4) is 0 Å². The van der Waals surface area contributed by atoms with Gasteiger partial charge in [0.25, 0.3) is 0 Å². The van der Waals surface area contributed by atoms with E-state index in [0.717, 1.165) is 37.1 Å². The Labute approximate surface area is 185 Å². The molecule has 0 aliphatic carbocycles. The summed E-state index contributed by atoms with van der Waals surface area (Å²) in [6, 6.07) is 17.2. The first kappa shape index (κ1) is 24.1. The van der Waals surface area contributed by atoms with E-state index in [-0.39, 0.29) is 6.04 Å². The van der Waals surface area contributed by atoms with Crippen molar-refractivity contribution in [2.24, 2.45) is 10.2 Å². The van der Waals surface area contributed by atoms with Crippen LogP contribution in [0.25, 0.3) is 0 Å². The third-order valence-electron chi connectivity index (χ3n) is 5.37. The van der Waals surface area contributed by atoms with E-state index in [4.69, 9.17) is 9.90 Å². The molecule has 7 heteroatoms. The van der Waals surface area contributed by atoms with Crippen molar-refractivity contribution in [1.29, 1.82) is 0 Å². The third kappa shape index (κ3) is 6.39. The van der Waals surface area contributed by atoms with Gasteiger partial charge in [0.2, 0.25) is 5.82 Å². The largest absolute Gasteiger partial charge is 0.550 e. The fraction of sp³-hybridized carbons (Fsp3) is 0.375. The molecule has 1 aliphatic rings. The van der Waals surface area contributed by atoms with Gasteiger partial charge in [-0.2, -0.15) is 0 Å². The summed E-state index contributed by atoms with van der Waals surface area (Å²) in [5, 5.41) is 21.4. The molecule has 2 atom stereocenters. The molecular formula is C24H33N5O2. The van der Waals surface area contributed by atoms with Crippen molar-refractivity contribution in [2.45, 2.75) is 33.7 Å². The molecule has 0 saturated carbocycles. The Morgan fingerprint density at radius 1 is 1.13 bits per heavy atom. The number of nitrogens with zero attached hydrogens (tertiary/aromatic N) is 4. The normalized spacial score (nSPS) is 17.9. The van der Waals surface area contributed by atoms with Crippen LogP contribution in [0, 0.1) is 6.92 Å². The lowest BCUT2D eigenvalue weighted by Gasteiger charge is -2.23. The summed E-state index contributed by atoms with van der Waals surface area (Å²) in [5.74, 6) is -0.187. The molecule has 0 aromatic heterocycles. The number of carboxylic acid groups (broad SMARTS) is 1. The lowest BCUT2D eigenvalue weighted by atomic mass is 10.1. The lowest BCUT2D eigenvalue weighted by Crippen LogP contribution is -3.13. The van der Waals surface area contributed by atoms with E-state index >= 15 is 0 Å². The van der Waals surface area contributed by atoms with Crippen molar-refractivity contribution in [3.05, 3.63) is 71.6 Å². The van der Waals surface area contributed by atoms with E-state index < -0.39 is 5.97 Å². The lowest BCUT2D eigenvalue weighted by molar-refractivity contribution is -1.00. The number of likely N-dealkylation sites (N-methyl/N-ethyl adjacent to an activating group) is 1. The number of nitrogens with one attached hydrogen (secondary N) is 1. The fourth-order valence-corrected chi connectivity index (χ4v) is 3.51. The third-order valence-corrected chi connectivity index (χ3v) is 5.37. The van der Waals surface area contributed by atoms with Crippen molar-refractivity contribution in [2.75, 3.05) is 32.1 Å². The molecule has 1 aliphatic heterocycles. The summed E-state index contributed by atoms with van der Waals surface area (Å²) in [6.45, 7) is 9.43.